The molecule has 68 valence electrons. The van der Waals surface area contributed by atoms with Crippen LogP contribution in [0.15, 0.2) is 0 Å². The van der Waals surface area contributed by atoms with Gasteiger partial charge in [0.25, 0.3) is 0 Å². The molecule has 2 N–H and O–H groups in total. The minimum Gasteiger partial charge on any atom is -0.480 e. The third-order valence-electron chi connectivity index (χ3n) is 0.769. The Morgan fingerprint density at radius 1 is 1.55 bits per heavy atom. The highest BCUT2D eigenvalue weighted by molar-refractivity contribution is 7.62. The van der Waals surface area contributed by atoms with Gasteiger partial charge in [0.2, 0.25) is 0 Å². The van der Waals surface area contributed by atoms with E-state index in [0.717, 1.165) is 0 Å². The molecule has 0 bridgehead atoms. The zero-order chi connectivity index (χ0) is 8.20. The highest BCUT2D eigenvalue weighted by Gasteiger charge is 2.06. The highest BCUT2D eigenvalue weighted by Crippen LogP contribution is 2.33. The molecule has 0 aromatic heterocycles. The lowest BCUT2D eigenvalue weighted by Gasteiger charge is -2.05. The first kappa shape index (κ1) is 13.5. The van der Waals surface area contributed by atoms with Crippen LogP contribution in [0.25, 0.3) is 0 Å². The maximum Gasteiger partial charge on any atom is 0.317 e. The van der Waals surface area contributed by atoms with Gasteiger partial charge in [-0.1, -0.05) is 0 Å². The second-order valence-corrected chi connectivity index (χ2v) is 6.02. The highest BCUT2D eigenvalue weighted by atomic mass is 35.5. The number of hydrogen-bond donors (Lipinski definition) is 2. The van der Waals surface area contributed by atoms with Gasteiger partial charge in [-0.25, -0.2) is 0 Å². The van der Waals surface area contributed by atoms with Crippen LogP contribution in [0.4, 0.5) is 0 Å². The maximum atomic E-state index is 10.9. The SMILES string of the molecule is CP(C)(=O)CNCC(=O)O.Cl. The number of aliphatic carboxylic acids is 1. The standard InChI is InChI=1S/C5H12NO3P.ClH/c1-10(2,9)4-6-3-5(7)8;/h6H,3-4H2,1-2H3,(H,7,8);1H. The third-order valence-corrected chi connectivity index (χ3v) is 1.75. The van der Waals surface area contributed by atoms with Crippen LogP contribution >= 0.6 is 19.5 Å². The molecule has 0 aliphatic heterocycles. The van der Waals surface area contributed by atoms with Crippen LogP contribution in [-0.2, 0) is 9.36 Å². The molecule has 0 spiro atoms. The summed E-state index contributed by atoms with van der Waals surface area (Å²) in [6.45, 7) is 3.11. The molecule has 0 rings (SSSR count). The fourth-order valence-electron chi connectivity index (χ4n) is 0.432. The van der Waals surface area contributed by atoms with Crippen molar-refractivity contribution in [2.45, 2.75) is 0 Å². The van der Waals surface area contributed by atoms with Crippen LogP contribution in [0.3, 0.4) is 0 Å². The molecule has 0 aromatic carbocycles. The molecule has 0 saturated carbocycles. The van der Waals surface area contributed by atoms with E-state index in [4.69, 9.17) is 5.11 Å². The molecule has 0 atom stereocenters. The van der Waals surface area contributed by atoms with Gasteiger partial charge in [0.1, 0.15) is 0 Å². The van der Waals surface area contributed by atoms with Crippen molar-refractivity contribution in [3.63, 3.8) is 0 Å². The van der Waals surface area contributed by atoms with Crippen molar-refractivity contribution >= 4 is 25.5 Å². The summed E-state index contributed by atoms with van der Waals surface area (Å²) in [6, 6.07) is 0. The number of nitrogens with one attached hydrogen (secondary N) is 1. The summed E-state index contributed by atoms with van der Waals surface area (Å²) < 4.78 is 10.9. The summed E-state index contributed by atoms with van der Waals surface area (Å²) >= 11 is 0. The van der Waals surface area contributed by atoms with Gasteiger partial charge in [0, 0.05) is 6.29 Å². The molecule has 0 aliphatic rings. The van der Waals surface area contributed by atoms with E-state index in [1.165, 1.54) is 0 Å². The number of carbonyl (C=O) groups is 1. The number of hydrogen-bond acceptors (Lipinski definition) is 3. The van der Waals surface area contributed by atoms with E-state index >= 15 is 0 Å². The monoisotopic (exact) mass is 201 g/mol. The van der Waals surface area contributed by atoms with E-state index in [1.54, 1.807) is 13.3 Å². The molecule has 0 radical (unpaired) electrons. The molecule has 11 heavy (non-hydrogen) atoms. The van der Waals surface area contributed by atoms with Gasteiger partial charge in [0.15, 0.2) is 0 Å². The fourth-order valence-corrected chi connectivity index (χ4v) is 1.08. The molecular weight excluding hydrogens is 188 g/mol. The molecule has 0 aromatic rings. The van der Waals surface area contributed by atoms with Crippen LogP contribution in [0.5, 0.6) is 0 Å². The topological polar surface area (TPSA) is 66.4 Å². The van der Waals surface area contributed by atoms with E-state index in [1.807, 2.05) is 0 Å². The van der Waals surface area contributed by atoms with Crippen LogP contribution in [0.2, 0.25) is 0 Å². The van der Waals surface area contributed by atoms with Gasteiger partial charge >= 0.3 is 5.97 Å². The van der Waals surface area contributed by atoms with E-state index in [0.29, 0.717) is 6.29 Å². The minimum absolute atomic E-state index is 0. The first-order valence-corrected chi connectivity index (χ1v) is 5.67. The summed E-state index contributed by atoms with van der Waals surface area (Å²) in [4.78, 5) is 9.93. The van der Waals surface area contributed by atoms with E-state index in [-0.39, 0.29) is 19.0 Å². The van der Waals surface area contributed by atoms with Crippen molar-refractivity contribution in [1.29, 1.82) is 0 Å². The van der Waals surface area contributed by atoms with Gasteiger partial charge in [-0.3, -0.25) is 4.79 Å². The van der Waals surface area contributed by atoms with Gasteiger partial charge in [0.05, 0.1) is 13.7 Å². The van der Waals surface area contributed by atoms with Crippen molar-refractivity contribution in [2.75, 3.05) is 26.2 Å². The minimum atomic E-state index is -2.10. The summed E-state index contributed by atoms with van der Waals surface area (Å²) in [5, 5.41) is 10.7. The Labute approximate surface area is 72.1 Å². The van der Waals surface area contributed by atoms with Gasteiger partial charge in [-0.2, -0.15) is 0 Å². The molecule has 0 unspecified atom stereocenters. The van der Waals surface area contributed by atoms with Crippen molar-refractivity contribution < 1.29 is 14.5 Å². The molecule has 4 nitrogen and oxygen atoms in total. The second kappa shape index (κ2) is 5.58. The Bertz CT molecular complexity index is 167. The fraction of sp³-hybridized carbons (Fsp3) is 0.800. The Hall–Kier alpha value is -0.0500. The van der Waals surface area contributed by atoms with Crippen LogP contribution in [0, 0.1) is 0 Å². The Morgan fingerprint density at radius 3 is 2.27 bits per heavy atom. The summed E-state index contributed by atoms with van der Waals surface area (Å²) in [5.74, 6) is -0.923. The summed E-state index contributed by atoms with van der Waals surface area (Å²) in [7, 11) is -2.10. The summed E-state index contributed by atoms with van der Waals surface area (Å²) in [5.41, 5.74) is 0. The quantitative estimate of drug-likeness (QED) is 0.656. The maximum absolute atomic E-state index is 10.9. The Morgan fingerprint density at radius 2 is 2.00 bits per heavy atom. The van der Waals surface area contributed by atoms with E-state index in [2.05, 4.69) is 5.32 Å². The lowest BCUT2D eigenvalue weighted by Crippen LogP contribution is -2.23. The predicted octanol–water partition coefficient (Wildman–Crippen LogP) is 0.663. The van der Waals surface area contributed by atoms with E-state index in [9.17, 15) is 9.36 Å². The predicted molar refractivity (Wildman–Crippen MR) is 47.2 cm³/mol. The molecule has 0 saturated heterocycles. The molecule has 0 heterocycles. The number of carboxylic acid groups (broad SMARTS) is 1. The summed E-state index contributed by atoms with van der Waals surface area (Å²) in [6.07, 6.45) is 0.291. The van der Waals surface area contributed by atoms with Gasteiger partial charge in [-0.15, -0.1) is 12.4 Å². The second-order valence-electron chi connectivity index (χ2n) is 2.55. The number of halogens is 1. The Balaban J connectivity index is 0. The zero-order valence-electron chi connectivity index (χ0n) is 6.53. The average molecular weight is 202 g/mol. The molecule has 0 aliphatic carbocycles. The molecule has 0 fully saturated rings. The lowest BCUT2D eigenvalue weighted by atomic mass is 10.7. The largest absolute Gasteiger partial charge is 0.480 e. The normalized spacial score (nSPS) is 10.4. The van der Waals surface area contributed by atoms with Gasteiger partial charge in [-0.05, 0) is 13.3 Å². The van der Waals surface area contributed by atoms with E-state index < -0.39 is 13.1 Å². The van der Waals surface area contributed by atoms with Crippen LogP contribution < -0.4 is 5.32 Å². The molecule has 0 amide bonds. The van der Waals surface area contributed by atoms with Crippen molar-refractivity contribution in [3.8, 4) is 0 Å². The molecule has 6 heteroatoms. The van der Waals surface area contributed by atoms with Crippen molar-refractivity contribution in [2.24, 2.45) is 0 Å². The third kappa shape index (κ3) is 13.0. The average Bonchev–Trinajstić information content (AvgIpc) is 1.59. The zero-order valence-corrected chi connectivity index (χ0v) is 8.24. The van der Waals surface area contributed by atoms with Crippen LogP contribution in [-0.4, -0.2) is 37.2 Å². The van der Waals surface area contributed by atoms with Gasteiger partial charge < -0.3 is 15.0 Å². The number of carboxylic acids is 1. The van der Waals surface area contributed by atoms with Crippen molar-refractivity contribution in [3.05, 3.63) is 0 Å². The first-order chi connectivity index (χ1) is 4.42. The first-order valence-electron chi connectivity index (χ1n) is 2.88. The van der Waals surface area contributed by atoms with Crippen molar-refractivity contribution in [1.82, 2.24) is 5.32 Å². The van der Waals surface area contributed by atoms with Crippen LogP contribution in [0.1, 0.15) is 0 Å². The smallest absolute Gasteiger partial charge is 0.317 e. The Kier molecular flexibility index (Phi) is 6.87. The molecular formula is C5H13ClNO3P. The lowest BCUT2D eigenvalue weighted by molar-refractivity contribution is -0.135. The number of rotatable bonds is 4.